The van der Waals surface area contributed by atoms with Crippen LogP contribution in [-0.4, -0.2) is 9.97 Å². The van der Waals surface area contributed by atoms with Gasteiger partial charge in [0.25, 0.3) is 0 Å². The van der Waals surface area contributed by atoms with Crippen molar-refractivity contribution < 1.29 is 4.74 Å². The van der Waals surface area contributed by atoms with Crippen LogP contribution < -0.4 is 4.74 Å². The number of hydrogen-bond acceptors (Lipinski definition) is 4. The molecule has 0 unspecified atom stereocenters. The van der Waals surface area contributed by atoms with Crippen LogP contribution in [0.4, 0.5) is 0 Å². The van der Waals surface area contributed by atoms with Gasteiger partial charge in [-0.25, -0.2) is 4.98 Å². The molecular weight excluding hydrogens is 262 g/mol. The van der Waals surface area contributed by atoms with E-state index in [2.05, 4.69) is 9.97 Å². The lowest BCUT2D eigenvalue weighted by atomic mass is 10.1. The van der Waals surface area contributed by atoms with Crippen molar-refractivity contribution in [1.29, 1.82) is 5.26 Å². The Bertz CT molecular complexity index is 650. The minimum Gasteiger partial charge on any atom is -0.424 e. The average Bonchev–Trinajstić information content (AvgIpc) is 2.40. The third kappa shape index (κ3) is 3.21. The Kier molecular flexibility index (Phi) is 3.98. The topological polar surface area (TPSA) is 58.8 Å². The molecule has 1 aromatic heterocycles. The van der Waals surface area contributed by atoms with E-state index in [-0.39, 0.29) is 11.7 Å². The highest BCUT2D eigenvalue weighted by Crippen LogP contribution is 2.25. The average molecular weight is 274 g/mol. The molecule has 1 aromatic carbocycles. The number of aromatic nitrogens is 2. The lowest BCUT2D eigenvalue weighted by Gasteiger charge is -2.07. The molecule has 0 saturated carbocycles. The van der Waals surface area contributed by atoms with Crippen LogP contribution in [0.25, 0.3) is 0 Å². The first-order valence-corrected chi connectivity index (χ1v) is 6.22. The number of nitrogens with zero attached hydrogens (tertiary/aromatic N) is 3. The van der Waals surface area contributed by atoms with Gasteiger partial charge in [-0.1, -0.05) is 18.5 Å². The molecule has 0 aliphatic rings. The molecule has 2 rings (SSSR count). The van der Waals surface area contributed by atoms with Crippen molar-refractivity contribution in [2.75, 3.05) is 0 Å². The maximum atomic E-state index is 8.86. The summed E-state index contributed by atoms with van der Waals surface area (Å²) in [5, 5.41) is 9.56. The zero-order valence-electron chi connectivity index (χ0n) is 10.6. The molecule has 19 heavy (non-hydrogen) atoms. The standard InChI is InChI=1S/C14H12ClN3O/c1-3-10-7-12(4-5-13(10)15)19-14-17-9(2)6-11(8-16)18-14/h4-7H,3H2,1-2H3. The lowest BCUT2D eigenvalue weighted by molar-refractivity contribution is 0.439. The van der Waals surface area contributed by atoms with Crippen LogP contribution in [0.1, 0.15) is 23.9 Å². The predicted octanol–water partition coefficient (Wildman–Crippen LogP) is 3.66. The summed E-state index contributed by atoms with van der Waals surface area (Å²) in [7, 11) is 0. The Hall–Kier alpha value is -2.12. The van der Waals surface area contributed by atoms with E-state index in [0.717, 1.165) is 12.0 Å². The Balaban J connectivity index is 2.31. The minimum absolute atomic E-state index is 0.168. The van der Waals surface area contributed by atoms with E-state index in [0.29, 0.717) is 16.5 Å². The summed E-state index contributed by atoms with van der Waals surface area (Å²) in [4.78, 5) is 8.14. The van der Waals surface area contributed by atoms with Gasteiger partial charge in [-0.2, -0.15) is 10.2 Å². The highest BCUT2D eigenvalue weighted by atomic mass is 35.5. The fourth-order valence-corrected chi connectivity index (χ4v) is 1.89. The highest BCUT2D eigenvalue weighted by molar-refractivity contribution is 6.31. The molecule has 0 aliphatic heterocycles. The van der Waals surface area contributed by atoms with E-state index < -0.39 is 0 Å². The maximum absolute atomic E-state index is 8.86. The van der Waals surface area contributed by atoms with Gasteiger partial charge in [0.15, 0.2) is 0 Å². The van der Waals surface area contributed by atoms with Crippen LogP contribution in [-0.2, 0) is 6.42 Å². The quantitative estimate of drug-likeness (QED) is 0.856. The molecule has 96 valence electrons. The molecule has 0 amide bonds. The zero-order valence-corrected chi connectivity index (χ0v) is 11.4. The first kappa shape index (κ1) is 13.3. The molecule has 0 radical (unpaired) electrons. The van der Waals surface area contributed by atoms with Crippen LogP contribution in [0.5, 0.6) is 11.8 Å². The van der Waals surface area contributed by atoms with Crippen molar-refractivity contribution in [2.45, 2.75) is 20.3 Å². The lowest BCUT2D eigenvalue weighted by Crippen LogP contribution is -1.97. The molecule has 0 atom stereocenters. The second-order valence-corrected chi connectivity index (χ2v) is 4.40. The number of rotatable bonds is 3. The molecule has 2 aromatic rings. The largest absolute Gasteiger partial charge is 0.424 e. The molecule has 0 spiro atoms. The van der Waals surface area contributed by atoms with Gasteiger partial charge in [0.1, 0.15) is 17.5 Å². The van der Waals surface area contributed by atoms with Crippen LogP contribution in [0, 0.1) is 18.3 Å². The molecule has 0 fully saturated rings. The highest BCUT2D eigenvalue weighted by Gasteiger charge is 2.06. The second-order valence-electron chi connectivity index (χ2n) is 4.00. The Morgan fingerprint density at radius 3 is 2.79 bits per heavy atom. The van der Waals surface area contributed by atoms with Crippen molar-refractivity contribution in [1.82, 2.24) is 9.97 Å². The smallest absolute Gasteiger partial charge is 0.323 e. The summed E-state index contributed by atoms with van der Waals surface area (Å²) >= 11 is 6.04. The van der Waals surface area contributed by atoms with Gasteiger partial charge in [0.05, 0.1) is 0 Å². The molecule has 0 aliphatic carbocycles. The van der Waals surface area contributed by atoms with Gasteiger partial charge in [-0.15, -0.1) is 0 Å². The van der Waals surface area contributed by atoms with Crippen molar-refractivity contribution >= 4 is 11.6 Å². The SMILES string of the molecule is CCc1cc(Oc2nc(C)cc(C#N)n2)ccc1Cl. The summed E-state index contributed by atoms with van der Waals surface area (Å²) in [6, 6.07) is 9.12. The third-order valence-electron chi connectivity index (χ3n) is 2.56. The van der Waals surface area contributed by atoms with Crippen molar-refractivity contribution in [2.24, 2.45) is 0 Å². The van der Waals surface area contributed by atoms with Crippen LogP contribution in [0.15, 0.2) is 24.3 Å². The van der Waals surface area contributed by atoms with Gasteiger partial charge >= 0.3 is 6.01 Å². The molecular formula is C14H12ClN3O. The van der Waals surface area contributed by atoms with Crippen molar-refractivity contribution in [3.05, 3.63) is 46.2 Å². The minimum atomic E-state index is 0.168. The molecule has 0 bridgehead atoms. The summed E-state index contributed by atoms with van der Waals surface area (Å²) in [5.41, 5.74) is 1.96. The zero-order chi connectivity index (χ0) is 13.8. The fraction of sp³-hybridized carbons (Fsp3) is 0.214. The Morgan fingerprint density at radius 2 is 2.11 bits per heavy atom. The van der Waals surface area contributed by atoms with Gasteiger partial charge < -0.3 is 4.74 Å². The van der Waals surface area contributed by atoms with E-state index in [1.165, 1.54) is 0 Å². The molecule has 5 heteroatoms. The predicted molar refractivity (Wildman–Crippen MR) is 72.4 cm³/mol. The van der Waals surface area contributed by atoms with Crippen molar-refractivity contribution in [3.63, 3.8) is 0 Å². The molecule has 0 saturated heterocycles. The summed E-state index contributed by atoms with van der Waals surface area (Å²) < 4.78 is 5.57. The number of aryl methyl sites for hydroxylation is 2. The Labute approximate surface area is 116 Å². The number of hydrogen-bond donors (Lipinski definition) is 0. The van der Waals surface area contributed by atoms with Gasteiger partial charge in [0.2, 0.25) is 0 Å². The first-order chi connectivity index (χ1) is 9.12. The molecule has 0 N–H and O–H groups in total. The third-order valence-corrected chi connectivity index (χ3v) is 2.92. The second kappa shape index (κ2) is 5.68. The molecule has 4 nitrogen and oxygen atoms in total. The van der Waals surface area contributed by atoms with E-state index in [1.807, 2.05) is 19.1 Å². The number of ether oxygens (including phenoxy) is 1. The van der Waals surface area contributed by atoms with E-state index in [9.17, 15) is 0 Å². The van der Waals surface area contributed by atoms with E-state index >= 15 is 0 Å². The summed E-state index contributed by atoms with van der Waals surface area (Å²) in [6.07, 6.45) is 0.814. The van der Waals surface area contributed by atoms with Crippen molar-refractivity contribution in [3.8, 4) is 17.8 Å². The summed E-state index contributed by atoms with van der Waals surface area (Å²) in [6.45, 7) is 3.80. The maximum Gasteiger partial charge on any atom is 0.323 e. The first-order valence-electron chi connectivity index (χ1n) is 5.84. The number of halogens is 1. The number of benzene rings is 1. The summed E-state index contributed by atoms with van der Waals surface area (Å²) in [5.74, 6) is 0.607. The van der Waals surface area contributed by atoms with E-state index in [1.54, 1.807) is 25.1 Å². The van der Waals surface area contributed by atoms with Crippen LogP contribution in [0.2, 0.25) is 5.02 Å². The van der Waals surface area contributed by atoms with Gasteiger partial charge in [-0.05, 0) is 43.2 Å². The van der Waals surface area contributed by atoms with Crippen LogP contribution >= 0.6 is 11.6 Å². The van der Waals surface area contributed by atoms with E-state index in [4.69, 9.17) is 21.6 Å². The fourth-order valence-electron chi connectivity index (χ4n) is 1.64. The molecule has 1 heterocycles. The Morgan fingerprint density at radius 1 is 1.32 bits per heavy atom. The van der Waals surface area contributed by atoms with Gasteiger partial charge in [-0.3, -0.25) is 0 Å². The van der Waals surface area contributed by atoms with Gasteiger partial charge in [0, 0.05) is 10.7 Å². The van der Waals surface area contributed by atoms with Crippen LogP contribution in [0.3, 0.4) is 0 Å². The monoisotopic (exact) mass is 273 g/mol. The normalized spacial score (nSPS) is 10.0. The number of nitriles is 1.